The molecule has 2 unspecified atom stereocenters. The molecule has 1 aromatic carbocycles. The van der Waals surface area contributed by atoms with Gasteiger partial charge in [0.05, 0.1) is 11.3 Å². The third-order valence-corrected chi connectivity index (χ3v) is 8.18. The zero-order chi connectivity index (χ0) is 21.5. The topological polar surface area (TPSA) is 50.2 Å². The minimum absolute atomic E-state index is 0.208. The maximum Gasteiger partial charge on any atom is 0.337 e. The Morgan fingerprint density at radius 1 is 1.03 bits per heavy atom. The molecule has 156 valence electrons. The van der Waals surface area contributed by atoms with E-state index < -0.39 is 5.97 Å². The van der Waals surface area contributed by atoms with Gasteiger partial charge in [-0.15, -0.1) is 0 Å². The van der Waals surface area contributed by atoms with Gasteiger partial charge in [0.2, 0.25) is 0 Å². The molecule has 0 radical (unpaired) electrons. The van der Waals surface area contributed by atoms with Crippen LogP contribution in [0.4, 0.5) is 0 Å². The summed E-state index contributed by atoms with van der Waals surface area (Å²) in [6.07, 6.45) is 8.52. The largest absolute Gasteiger partial charge is 0.478 e. The van der Waals surface area contributed by atoms with Crippen molar-refractivity contribution in [2.45, 2.75) is 76.5 Å². The lowest BCUT2D eigenvalue weighted by molar-refractivity contribution is 0.0696. The Morgan fingerprint density at radius 3 is 2.27 bits per heavy atom. The van der Waals surface area contributed by atoms with Crippen LogP contribution in [0.1, 0.15) is 91.7 Å². The summed E-state index contributed by atoms with van der Waals surface area (Å²) in [4.78, 5) is 15.6. The number of aromatic nitrogens is 1. The highest BCUT2D eigenvalue weighted by atomic mass is 16.4. The van der Waals surface area contributed by atoms with Gasteiger partial charge in [0, 0.05) is 11.6 Å². The Balaban J connectivity index is 1.51. The predicted molar refractivity (Wildman–Crippen MR) is 120 cm³/mol. The first-order valence-electron chi connectivity index (χ1n) is 11.1. The van der Waals surface area contributed by atoms with Crippen molar-refractivity contribution in [3.8, 4) is 0 Å². The molecule has 0 spiro atoms. The Hall–Kier alpha value is -2.42. The molecule has 0 bridgehead atoms. The fourth-order valence-electron chi connectivity index (χ4n) is 6.01. The number of benzene rings is 1. The molecule has 3 nitrogen and oxygen atoms in total. The molecule has 2 aromatic rings. The first-order chi connectivity index (χ1) is 14.1. The molecule has 1 N–H and O–H groups in total. The van der Waals surface area contributed by atoms with Gasteiger partial charge in [0.15, 0.2) is 0 Å². The van der Waals surface area contributed by atoms with Crippen LogP contribution >= 0.6 is 0 Å². The Kier molecular flexibility index (Phi) is 3.95. The number of carboxylic acid groups (broad SMARTS) is 1. The van der Waals surface area contributed by atoms with E-state index in [1.54, 1.807) is 6.07 Å². The van der Waals surface area contributed by atoms with Crippen molar-refractivity contribution in [3.05, 3.63) is 70.0 Å². The molecule has 0 aliphatic heterocycles. The van der Waals surface area contributed by atoms with Crippen molar-refractivity contribution in [2.24, 2.45) is 5.92 Å². The maximum atomic E-state index is 11.1. The molecule has 2 atom stereocenters. The number of fused-ring (bicyclic) bond motifs is 2. The highest BCUT2D eigenvalue weighted by molar-refractivity contribution is 5.87. The summed E-state index contributed by atoms with van der Waals surface area (Å²) >= 11 is 0. The first kappa shape index (κ1) is 19.5. The van der Waals surface area contributed by atoms with Crippen LogP contribution < -0.4 is 0 Å². The van der Waals surface area contributed by atoms with Crippen molar-refractivity contribution in [2.75, 3.05) is 0 Å². The molecule has 0 amide bonds. The third-order valence-electron chi connectivity index (χ3n) is 8.18. The van der Waals surface area contributed by atoms with Gasteiger partial charge in [-0.2, -0.15) is 0 Å². The summed E-state index contributed by atoms with van der Waals surface area (Å²) in [6, 6.07) is 8.56. The van der Waals surface area contributed by atoms with Crippen molar-refractivity contribution in [1.82, 2.24) is 4.98 Å². The van der Waals surface area contributed by atoms with Gasteiger partial charge in [-0.3, -0.25) is 4.98 Å². The molecule has 1 saturated carbocycles. The van der Waals surface area contributed by atoms with Crippen LogP contribution in [0.25, 0.3) is 5.57 Å². The van der Waals surface area contributed by atoms with E-state index in [1.807, 2.05) is 6.07 Å². The SMILES string of the molecule is Cc1cc2c(cc1C13CC=C(c4ccc(C(=O)O)cn4)C1C3)C(C)(C)CCC2(C)C. The van der Waals surface area contributed by atoms with E-state index in [-0.39, 0.29) is 21.8 Å². The minimum Gasteiger partial charge on any atom is -0.478 e. The van der Waals surface area contributed by atoms with E-state index in [4.69, 9.17) is 5.11 Å². The van der Waals surface area contributed by atoms with Gasteiger partial charge in [0.25, 0.3) is 0 Å². The minimum atomic E-state index is -0.926. The van der Waals surface area contributed by atoms with Gasteiger partial charge in [0.1, 0.15) is 0 Å². The number of aromatic carboxylic acids is 1. The second-order valence-corrected chi connectivity index (χ2v) is 11.0. The maximum absolute atomic E-state index is 11.1. The van der Waals surface area contributed by atoms with E-state index in [0.29, 0.717) is 5.92 Å². The first-order valence-corrected chi connectivity index (χ1v) is 11.1. The summed E-state index contributed by atoms with van der Waals surface area (Å²) in [6.45, 7) is 11.9. The predicted octanol–water partition coefficient (Wildman–Crippen LogP) is 6.18. The third kappa shape index (κ3) is 2.71. The summed E-state index contributed by atoms with van der Waals surface area (Å²) in [5.74, 6) is -0.428. The number of allylic oxidation sites excluding steroid dienone is 2. The number of aryl methyl sites for hydroxylation is 1. The van der Waals surface area contributed by atoms with Crippen molar-refractivity contribution in [3.63, 3.8) is 0 Å². The zero-order valence-corrected chi connectivity index (χ0v) is 18.7. The van der Waals surface area contributed by atoms with Crippen LogP contribution in [0.5, 0.6) is 0 Å². The van der Waals surface area contributed by atoms with Crippen LogP contribution in [-0.4, -0.2) is 16.1 Å². The molecule has 1 fully saturated rings. The van der Waals surface area contributed by atoms with Gasteiger partial charge in [-0.1, -0.05) is 45.9 Å². The molecule has 30 heavy (non-hydrogen) atoms. The molecular formula is C27H31NO2. The molecule has 1 heterocycles. The van der Waals surface area contributed by atoms with E-state index in [2.05, 4.69) is 57.8 Å². The van der Waals surface area contributed by atoms with Gasteiger partial charge in [-0.05, 0) is 89.3 Å². The second kappa shape index (κ2) is 6.06. The van der Waals surface area contributed by atoms with Crippen LogP contribution in [0.15, 0.2) is 36.5 Å². The molecule has 3 aliphatic carbocycles. The number of nitrogens with zero attached hydrogens (tertiary/aromatic N) is 1. The summed E-state index contributed by atoms with van der Waals surface area (Å²) in [5, 5.41) is 9.14. The fraction of sp³-hybridized carbons (Fsp3) is 0.481. The van der Waals surface area contributed by atoms with Crippen molar-refractivity contribution in [1.29, 1.82) is 0 Å². The fourth-order valence-corrected chi connectivity index (χ4v) is 6.01. The van der Waals surface area contributed by atoms with Crippen molar-refractivity contribution >= 4 is 11.5 Å². The molecule has 3 heteroatoms. The molecule has 0 saturated heterocycles. The number of carboxylic acids is 1. The Labute approximate surface area is 179 Å². The van der Waals surface area contributed by atoms with Gasteiger partial charge < -0.3 is 5.11 Å². The zero-order valence-electron chi connectivity index (χ0n) is 18.7. The van der Waals surface area contributed by atoms with Crippen LogP contribution in [-0.2, 0) is 16.2 Å². The number of carbonyl (C=O) groups is 1. The van der Waals surface area contributed by atoms with Gasteiger partial charge >= 0.3 is 5.97 Å². The lowest BCUT2D eigenvalue weighted by Gasteiger charge is -2.43. The summed E-state index contributed by atoms with van der Waals surface area (Å²) in [7, 11) is 0. The Morgan fingerprint density at radius 2 is 1.70 bits per heavy atom. The normalized spacial score (nSPS) is 27.8. The Bertz CT molecular complexity index is 1090. The van der Waals surface area contributed by atoms with Crippen LogP contribution in [0, 0.1) is 12.8 Å². The number of hydrogen-bond donors (Lipinski definition) is 1. The average Bonchev–Trinajstić information content (AvgIpc) is 3.30. The highest BCUT2D eigenvalue weighted by Crippen LogP contribution is 2.67. The molecule has 3 aliphatic rings. The van der Waals surface area contributed by atoms with Crippen LogP contribution in [0.3, 0.4) is 0 Å². The lowest BCUT2D eigenvalue weighted by Crippen LogP contribution is -2.34. The van der Waals surface area contributed by atoms with Crippen molar-refractivity contribution < 1.29 is 9.90 Å². The van der Waals surface area contributed by atoms with Crippen LogP contribution in [0.2, 0.25) is 0 Å². The number of pyridine rings is 1. The average molecular weight is 402 g/mol. The monoisotopic (exact) mass is 401 g/mol. The second-order valence-electron chi connectivity index (χ2n) is 11.0. The number of rotatable bonds is 3. The molecule has 5 rings (SSSR count). The van der Waals surface area contributed by atoms with E-state index in [9.17, 15) is 4.79 Å². The van der Waals surface area contributed by atoms with E-state index >= 15 is 0 Å². The highest BCUT2D eigenvalue weighted by Gasteiger charge is 2.60. The smallest absolute Gasteiger partial charge is 0.337 e. The van der Waals surface area contributed by atoms with E-state index in [1.165, 1.54) is 53.3 Å². The standard InChI is InChI=1S/C27H31NO2/c1-16-12-20-21(26(4,5)11-10-25(20,2)3)13-19(16)27-9-8-18(22(27)14-27)23-7-6-17(15-28-23)24(29)30/h6-8,12-13,15,22H,9-11,14H2,1-5H3,(H,29,30). The lowest BCUT2D eigenvalue weighted by atomic mass is 9.62. The van der Waals surface area contributed by atoms with Gasteiger partial charge in [-0.25, -0.2) is 4.79 Å². The van der Waals surface area contributed by atoms with E-state index in [0.717, 1.165) is 12.1 Å². The quantitative estimate of drug-likeness (QED) is 0.668. The molecular weight excluding hydrogens is 370 g/mol. The summed E-state index contributed by atoms with van der Waals surface area (Å²) in [5.41, 5.74) is 9.15. The molecule has 1 aromatic heterocycles. The summed E-state index contributed by atoms with van der Waals surface area (Å²) < 4.78 is 0. The number of hydrogen-bond acceptors (Lipinski definition) is 2.